The predicted octanol–water partition coefficient (Wildman–Crippen LogP) is 2.62. The van der Waals surface area contributed by atoms with E-state index in [9.17, 15) is 18.8 Å². The zero-order valence-corrected chi connectivity index (χ0v) is 14.8. The van der Waals surface area contributed by atoms with Crippen LogP contribution in [0.1, 0.15) is 17.3 Å². The van der Waals surface area contributed by atoms with Gasteiger partial charge in [-0.2, -0.15) is 0 Å². The molecule has 2 aromatic carbocycles. The molecule has 8 heteroatoms. The van der Waals surface area contributed by atoms with Crippen molar-refractivity contribution in [1.82, 2.24) is 0 Å². The molecule has 3 amide bonds. The minimum atomic E-state index is -0.543. The first-order valence-corrected chi connectivity index (χ1v) is 8.78. The molecule has 0 aliphatic rings. The molecule has 0 spiro atoms. The van der Waals surface area contributed by atoms with E-state index in [0.717, 1.165) is 0 Å². The van der Waals surface area contributed by atoms with Crippen molar-refractivity contribution >= 4 is 40.9 Å². The van der Waals surface area contributed by atoms with E-state index >= 15 is 0 Å². The third-order valence-corrected chi connectivity index (χ3v) is 4.54. The highest BCUT2D eigenvalue weighted by Gasteiger charge is 2.15. The fourth-order valence-electron chi connectivity index (χ4n) is 1.97. The summed E-state index contributed by atoms with van der Waals surface area (Å²) in [5.74, 6) is -1.40. The Bertz CT molecular complexity index is 794. The molecule has 2 aromatic rings. The first kappa shape index (κ1) is 19.5. The Balaban J connectivity index is 1.79. The lowest BCUT2D eigenvalue weighted by Crippen LogP contribution is -2.25. The van der Waals surface area contributed by atoms with Crippen molar-refractivity contribution in [2.45, 2.75) is 12.2 Å². The van der Waals surface area contributed by atoms with Gasteiger partial charge in [0.15, 0.2) is 0 Å². The van der Waals surface area contributed by atoms with Crippen LogP contribution < -0.4 is 16.4 Å². The van der Waals surface area contributed by atoms with Crippen LogP contribution in [0.15, 0.2) is 48.5 Å². The van der Waals surface area contributed by atoms with Gasteiger partial charge in [-0.05, 0) is 55.5 Å². The number of amides is 3. The van der Waals surface area contributed by atoms with Gasteiger partial charge < -0.3 is 16.4 Å². The molecular formula is C18H18FN3O3S. The van der Waals surface area contributed by atoms with Crippen LogP contribution in [-0.4, -0.2) is 28.7 Å². The number of nitrogens with two attached hydrogens (primary N) is 1. The first-order valence-electron chi connectivity index (χ1n) is 7.73. The second-order valence-corrected chi connectivity index (χ2v) is 6.77. The summed E-state index contributed by atoms with van der Waals surface area (Å²) in [7, 11) is 0. The zero-order chi connectivity index (χ0) is 19.1. The number of hydrogen-bond acceptors (Lipinski definition) is 4. The molecule has 0 fully saturated rings. The van der Waals surface area contributed by atoms with Crippen LogP contribution in [0.25, 0.3) is 0 Å². The maximum Gasteiger partial charge on any atom is 0.248 e. The molecule has 4 N–H and O–H groups in total. The summed E-state index contributed by atoms with van der Waals surface area (Å²) in [5, 5.41) is 4.86. The van der Waals surface area contributed by atoms with Gasteiger partial charge in [0.25, 0.3) is 0 Å². The summed E-state index contributed by atoms with van der Waals surface area (Å²) in [6.07, 6.45) is 0. The van der Waals surface area contributed by atoms with Gasteiger partial charge in [-0.15, -0.1) is 11.8 Å². The average Bonchev–Trinajstić information content (AvgIpc) is 2.62. The van der Waals surface area contributed by atoms with Crippen LogP contribution in [0.2, 0.25) is 0 Å². The number of benzene rings is 2. The third kappa shape index (κ3) is 5.89. The van der Waals surface area contributed by atoms with Crippen molar-refractivity contribution in [1.29, 1.82) is 0 Å². The van der Waals surface area contributed by atoms with Crippen LogP contribution >= 0.6 is 11.8 Å². The number of rotatable bonds is 7. The van der Waals surface area contributed by atoms with Crippen molar-refractivity contribution in [3.05, 3.63) is 59.9 Å². The largest absolute Gasteiger partial charge is 0.366 e. The van der Waals surface area contributed by atoms with Gasteiger partial charge in [-0.3, -0.25) is 14.4 Å². The predicted molar refractivity (Wildman–Crippen MR) is 101 cm³/mol. The molecule has 0 unspecified atom stereocenters. The van der Waals surface area contributed by atoms with Gasteiger partial charge in [-0.1, -0.05) is 0 Å². The van der Waals surface area contributed by atoms with Crippen LogP contribution in [0.3, 0.4) is 0 Å². The molecule has 0 aromatic heterocycles. The van der Waals surface area contributed by atoms with Gasteiger partial charge in [0.05, 0.1) is 11.0 Å². The van der Waals surface area contributed by atoms with E-state index in [-0.39, 0.29) is 23.4 Å². The van der Waals surface area contributed by atoms with Crippen LogP contribution in [0.5, 0.6) is 0 Å². The Morgan fingerprint density at radius 1 is 1.00 bits per heavy atom. The van der Waals surface area contributed by atoms with Crippen LogP contribution in [0.4, 0.5) is 15.8 Å². The summed E-state index contributed by atoms with van der Waals surface area (Å²) in [6, 6.07) is 11.6. The number of halogens is 1. The van der Waals surface area contributed by atoms with E-state index in [1.165, 1.54) is 48.2 Å². The molecular weight excluding hydrogens is 357 g/mol. The summed E-state index contributed by atoms with van der Waals surface area (Å²) in [6.45, 7) is 1.68. The number of anilines is 2. The fourth-order valence-corrected chi connectivity index (χ4v) is 2.65. The van der Waals surface area contributed by atoms with E-state index in [0.29, 0.717) is 16.9 Å². The van der Waals surface area contributed by atoms with Crippen molar-refractivity contribution < 1.29 is 18.8 Å². The van der Waals surface area contributed by atoms with E-state index in [4.69, 9.17) is 5.73 Å². The molecule has 0 radical (unpaired) electrons. The molecule has 0 aliphatic carbocycles. The van der Waals surface area contributed by atoms with Crippen molar-refractivity contribution in [2.75, 3.05) is 16.4 Å². The minimum Gasteiger partial charge on any atom is -0.366 e. The quantitative estimate of drug-likeness (QED) is 0.692. The minimum absolute atomic E-state index is 0.0760. The lowest BCUT2D eigenvalue weighted by atomic mass is 10.2. The monoisotopic (exact) mass is 375 g/mol. The van der Waals surface area contributed by atoms with E-state index < -0.39 is 11.2 Å². The Morgan fingerprint density at radius 2 is 1.54 bits per heavy atom. The van der Waals surface area contributed by atoms with Crippen LogP contribution in [-0.2, 0) is 9.59 Å². The van der Waals surface area contributed by atoms with E-state index in [2.05, 4.69) is 10.6 Å². The van der Waals surface area contributed by atoms with Gasteiger partial charge >= 0.3 is 0 Å². The molecule has 0 saturated heterocycles. The molecule has 0 bridgehead atoms. The summed E-state index contributed by atoms with van der Waals surface area (Å²) >= 11 is 1.17. The molecule has 0 heterocycles. The zero-order valence-electron chi connectivity index (χ0n) is 14.0. The summed E-state index contributed by atoms with van der Waals surface area (Å²) in [5.41, 5.74) is 6.53. The number of carbonyl (C=O) groups excluding carboxylic acids is 3. The molecule has 26 heavy (non-hydrogen) atoms. The second kappa shape index (κ2) is 9.00. The number of nitrogens with one attached hydrogen (secondary N) is 2. The van der Waals surface area contributed by atoms with E-state index in [1.54, 1.807) is 19.1 Å². The topological polar surface area (TPSA) is 101 Å². The lowest BCUT2D eigenvalue weighted by Gasteiger charge is -2.12. The Labute approximate surface area is 154 Å². The van der Waals surface area contributed by atoms with Crippen molar-refractivity contribution in [3.63, 3.8) is 0 Å². The normalized spacial score (nSPS) is 11.5. The second-order valence-electron chi connectivity index (χ2n) is 5.44. The molecule has 2 rings (SSSR count). The van der Waals surface area contributed by atoms with Gasteiger partial charge in [0.1, 0.15) is 5.82 Å². The Hall–Kier alpha value is -2.87. The number of primary amides is 1. The third-order valence-electron chi connectivity index (χ3n) is 3.40. The SMILES string of the molecule is C[C@@H](SCC(=O)Nc1ccc(F)cc1)C(=O)Nc1ccc(C(N)=O)cc1. The maximum atomic E-state index is 12.8. The average molecular weight is 375 g/mol. The molecule has 136 valence electrons. The number of thioether (sulfide) groups is 1. The molecule has 0 saturated carbocycles. The summed E-state index contributed by atoms with van der Waals surface area (Å²) < 4.78 is 12.8. The smallest absolute Gasteiger partial charge is 0.248 e. The Kier molecular flexibility index (Phi) is 6.74. The standard InChI is InChI=1S/C18H18FN3O3S/c1-11(18(25)22-15-6-2-12(3-7-15)17(20)24)26-10-16(23)21-14-8-4-13(19)5-9-14/h2-9,11H,10H2,1H3,(H2,20,24)(H,21,23)(H,22,25)/t11-/m1/s1. The first-order chi connectivity index (χ1) is 12.3. The fraction of sp³-hybridized carbons (Fsp3) is 0.167. The highest BCUT2D eigenvalue weighted by Crippen LogP contribution is 2.16. The number of carbonyl (C=O) groups is 3. The van der Waals surface area contributed by atoms with Gasteiger partial charge in [0, 0.05) is 16.9 Å². The Morgan fingerprint density at radius 3 is 2.12 bits per heavy atom. The van der Waals surface area contributed by atoms with Crippen molar-refractivity contribution in [2.24, 2.45) is 5.73 Å². The lowest BCUT2D eigenvalue weighted by molar-refractivity contribution is -0.115. The van der Waals surface area contributed by atoms with Crippen LogP contribution in [0, 0.1) is 5.82 Å². The molecule has 0 aliphatic heterocycles. The summed E-state index contributed by atoms with van der Waals surface area (Å²) in [4.78, 5) is 35.0. The van der Waals surface area contributed by atoms with Gasteiger partial charge in [0.2, 0.25) is 17.7 Å². The number of hydrogen-bond donors (Lipinski definition) is 3. The van der Waals surface area contributed by atoms with Gasteiger partial charge in [-0.25, -0.2) is 4.39 Å². The maximum absolute atomic E-state index is 12.8. The van der Waals surface area contributed by atoms with Crippen molar-refractivity contribution in [3.8, 4) is 0 Å². The molecule has 1 atom stereocenters. The highest BCUT2D eigenvalue weighted by molar-refractivity contribution is 8.01. The van der Waals surface area contributed by atoms with E-state index in [1.807, 2.05) is 0 Å². The highest BCUT2D eigenvalue weighted by atomic mass is 32.2. The molecule has 6 nitrogen and oxygen atoms in total.